The van der Waals surface area contributed by atoms with Crippen molar-refractivity contribution in [2.75, 3.05) is 18.8 Å². The van der Waals surface area contributed by atoms with Gasteiger partial charge in [-0.3, -0.25) is 0 Å². The SMILES string of the molecule is O=S(=O)(CCC1CCNCC1)Cc1ccccc1. The Morgan fingerprint density at radius 3 is 2.44 bits per heavy atom. The van der Waals surface area contributed by atoms with E-state index < -0.39 is 9.84 Å². The molecule has 1 N–H and O–H groups in total. The predicted molar refractivity (Wildman–Crippen MR) is 74.1 cm³/mol. The molecule has 0 amide bonds. The smallest absolute Gasteiger partial charge is 0.154 e. The van der Waals surface area contributed by atoms with Crippen molar-refractivity contribution < 1.29 is 8.42 Å². The lowest BCUT2D eigenvalue weighted by Gasteiger charge is -2.22. The maximum absolute atomic E-state index is 12.0. The van der Waals surface area contributed by atoms with E-state index in [1.54, 1.807) is 0 Å². The Labute approximate surface area is 110 Å². The first kappa shape index (κ1) is 13.6. The second kappa shape index (κ2) is 6.34. The highest BCUT2D eigenvalue weighted by Crippen LogP contribution is 2.18. The van der Waals surface area contributed by atoms with Gasteiger partial charge >= 0.3 is 0 Å². The van der Waals surface area contributed by atoms with Gasteiger partial charge in [-0.25, -0.2) is 8.42 Å². The van der Waals surface area contributed by atoms with Gasteiger partial charge in [0.2, 0.25) is 0 Å². The van der Waals surface area contributed by atoms with E-state index in [1.807, 2.05) is 30.3 Å². The normalized spacial score (nSPS) is 17.8. The van der Waals surface area contributed by atoms with Gasteiger partial charge in [0.25, 0.3) is 0 Å². The van der Waals surface area contributed by atoms with E-state index in [1.165, 1.54) is 0 Å². The number of hydrogen-bond donors (Lipinski definition) is 1. The minimum Gasteiger partial charge on any atom is -0.317 e. The van der Waals surface area contributed by atoms with Crippen molar-refractivity contribution in [1.29, 1.82) is 0 Å². The minimum absolute atomic E-state index is 0.179. The second-order valence-corrected chi connectivity index (χ2v) is 7.24. The summed E-state index contributed by atoms with van der Waals surface area (Å²) in [5.74, 6) is 1.09. The van der Waals surface area contributed by atoms with E-state index in [9.17, 15) is 8.42 Å². The molecule has 1 fully saturated rings. The number of hydrogen-bond acceptors (Lipinski definition) is 3. The van der Waals surface area contributed by atoms with Crippen molar-refractivity contribution >= 4 is 9.84 Å². The van der Waals surface area contributed by atoms with Crippen LogP contribution in [0.4, 0.5) is 0 Å². The summed E-state index contributed by atoms with van der Waals surface area (Å²) >= 11 is 0. The number of piperidine rings is 1. The standard InChI is InChI=1S/C14H21NO2S/c16-18(17,12-14-4-2-1-3-5-14)11-8-13-6-9-15-10-7-13/h1-5,13,15H,6-12H2. The highest BCUT2D eigenvalue weighted by Gasteiger charge is 2.18. The summed E-state index contributed by atoms with van der Waals surface area (Å²) < 4.78 is 24.1. The predicted octanol–water partition coefficient (Wildman–Crippen LogP) is 1.99. The molecule has 0 aromatic heterocycles. The van der Waals surface area contributed by atoms with Crippen LogP contribution in [0.2, 0.25) is 0 Å². The molecule has 100 valence electrons. The molecule has 0 aliphatic carbocycles. The lowest BCUT2D eigenvalue weighted by Crippen LogP contribution is -2.28. The van der Waals surface area contributed by atoms with Gasteiger partial charge in [-0.2, -0.15) is 0 Å². The van der Waals surface area contributed by atoms with Crippen LogP contribution < -0.4 is 5.32 Å². The van der Waals surface area contributed by atoms with Crippen LogP contribution in [0.25, 0.3) is 0 Å². The maximum Gasteiger partial charge on any atom is 0.154 e. The summed E-state index contributed by atoms with van der Waals surface area (Å²) in [7, 11) is -2.95. The molecule has 1 heterocycles. The molecule has 1 aliphatic heterocycles. The van der Waals surface area contributed by atoms with Gasteiger partial charge in [0.05, 0.1) is 11.5 Å². The fourth-order valence-corrected chi connectivity index (χ4v) is 3.95. The third kappa shape index (κ3) is 4.42. The zero-order valence-electron chi connectivity index (χ0n) is 10.6. The van der Waals surface area contributed by atoms with Gasteiger partial charge in [-0.1, -0.05) is 30.3 Å². The van der Waals surface area contributed by atoms with Crippen molar-refractivity contribution in [2.24, 2.45) is 5.92 Å². The Kier molecular flexibility index (Phi) is 4.78. The van der Waals surface area contributed by atoms with E-state index >= 15 is 0 Å². The fraction of sp³-hybridized carbons (Fsp3) is 0.571. The lowest BCUT2D eigenvalue weighted by molar-refractivity contribution is 0.365. The molecular weight excluding hydrogens is 246 g/mol. The van der Waals surface area contributed by atoms with E-state index in [2.05, 4.69) is 5.32 Å². The molecular formula is C14H21NO2S. The first-order valence-electron chi connectivity index (χ1n) is 6.61. The van der Waals surface area contributed by atoms with Crippen molar-refractivity contribution in [3.63, 3.8) is 0 Å². The molecule has 3 nitrogen and oxygen atoms in total. The summed E-state index contributed by atoms with van der Waals surface area (Å²) in [5.41, 5.74) is 0.891. The van der Waals surface area contributed by atoms with Crippen LogP contribution in [0.5, 0.6) is 0 Å². The number of benzene rings is 1. The Morgan fingerprint density at radius 2 is 1.78 bits per heavy atom. The molecule has 0 atom stereocenters. The number of rotatable bonds is 5. The van der Waals surface area contributed by atoms with Gasteiger partial charge in [-0.15, -0.1) is 0 Å². The molecule has 0 radical (unpaired) electrons. The molecule has 2 rings (SSSR count). The summed E-state index contributed by atoms with van der Waals surface area (Å²) in [5, 5.41) is 3.30. The van der Waals surface area contributed by atoms with E-state index in [0.29, 0.717) is 11.7 Å². The Balaban J connectivity index is 1.83. The first-order valence-corrected chi connectivity index (χ1v) is 8.43. The van der Waals surface area contributed by atoms with Crippen molar-refractivity contribution in [2.45, 2.75) is 25.0 Å². The van der Waals surface area contributed by atoms with Crippen molar-refractivity contribution in [3.8, 4) is 0 Å². The third-order valence-corrected chi connectivity index (χ3v) is 5.16. The molecule has 0 saturated carbocycles. The summed E-state index contributed by atoms with van der Waals surface area (Å²) in [6.07, 6.45) is 3.04. The fourth-order valence-electron chi connectivity index (χ4n) is 2.42. The molecule has 0 bridgehead atoms. The minimum atomic E-state index is -2.95. The molecule has 18 heavy (non-hydrogen) atoms. The summed E-state index contributed by atoms with van der Waals surface area (Å²) in [4.78, 5) is 0. The van der Waals surface area contributed by atoms with Gasteiger partial charge in [0.15, 0.2) is 9.84 Å². The third-order valence-electron chi connectivity index (χ3n) is 3.53. The zero-order valence-corrected chi connectivity index (χ0v) is 11.5. The first-order chi connectivity index (χ1) is 8.66. The molecule has 4 heteroatoms. The highest BCUT2D eigenvalue weighted by molar-refractivity contribution is 7.90. The number of nitrogens with one attached hydrogen (secondary N) is 1. The average molecular weight is 267 g/mol. The maximum atomic E-state index is 12.0. The van der Waals surface area contributed by atoms with Crippen molar-refractivity contribution in [3.05, 3.63) is 35.9 Å². The second-order valence-electron chi connectivity index (χ2n) is 5.06. The van der Waals surface area contributed by atoms with Gasteiger partial charge in [-0.05, 0) is 43.8 Å². The Hall–Kier alpha value is -0.870. The van der Waals surface area contributed by atoms with E-state index in [4.69, 9.17) is 0 Å². The van der Waals surface area contributed by atoms with Crippen LogP contribution in [0.3, 0.4) is 0 Å². The molecule has 1 saturated heterocycles. The van der Waals surface area contributed by atoms with Gasteiger partial charge < -0.3 is 5.32 Å². The summed E-state index contributed by atoms with van der Waals surface area (Å²) in [6, 6.07) is 9.44. The van der Waals surface area contributed by atoms with Gasteiger partial charge in [0.1, 0.15) is 0 Å². The molecule has 1 aromatic rings. The van der Waals surface area contributed by atoms with Crippen LogP contribution in [-0.2, 0) is 15.6 Å². The summed E-state index contributed by atoms with van der Waals surface area (Å²) in [6.45, 7) is 2.06. The molecule has 0 unspecified atom stereocenters. The molecule has 1 aromatic carbocycles. The largest absolute Gasteiger partial charge is 0.317 e. The lowest BCUT2D eigenvalue weighted by atomic mass is 9.96. The average Bonchev–Trinajstić information content (AvgIpc) is 2.38. The Morgan fingerprint density at radius 1 is 1.11 bits per heavy atom. The highest BCUT2D eigenvalue weighted by atomic mass is 32.2. The topological polar surface area (TPSA) is 46.2 Å². The van der Waals surface area contributed by atoms with Crippen LogP contribution in [0.15, 0.2) is 30.3 Å². The zero-order chi connectivity index (χ0) is 12.8. The van der Waals surface area contributed by atoms with Crippen LogP contribution in [0.1, 0.15) is 24.8 Å². The quantitative estimate of drug-likeness (QED) is 0.887. The van der Waals surface area contributed by atoms with E-state index in [-0.39, 0.29) is 5.75 Å². The Bertz CT molecular complexity index is 450. The number of sulfone groups is 1. The molecule has 0 spiro atoms. The van der Waals surface area contributed by atoms with Gasteiger partial charge in [0, 0.05) is 0 Å². The van der Waals surface area contributed by atoms with Crippen LogP contribution >= 0.6 is 0 Å². The van der Waals surface area contributed by atoms with Crippen LogP contribution in [0, 0.1) is 5.92 Å². The van der Waals surface area contributed by atoms with E-state index in [0.717, 1.165) is 37.9 Å². The van der Waals surface area contributed by atoms with Crippen molar-refractivity contribution in [1.82, 2.24) is 5.32 Å². The molecule has 1 aliphatic rings. The monoisotopic (exact) mass is 267 g/mol. The van der Waals surface area contributed by atoms with Crippen LogP contribution in [-0.4, -0.2) is 27.3 Å².